The molecule has 0 fully saturated rings. The number of anilines is 1. The van der Waals surface area contributed by atoms with Gasteiger partial charge in [-0.05, 0) is 82.5 Å². The fourth-order valence-corrected chi connectivity index (χ4v) is 2.46. The summed E-state index contributed by atoms with van der Waals surface area (Å²) in [6, 6.07) is 13.2. The number of nitrogens with one attached hydrogen (secondary N) is 2. The zero-order chi connectivity index (χ0) is 19.8. The van der Waals surface area contributed by atoms with Gasteiger partial charge in [-0.2, -0.15) is 0 Å². The van der Waals surface area contributed by atoms with E-state index < -0.39 is 0 Å². The number of rotatable bonds is 8. The Bertz CT molecular complexity index is 796. The molecule has 27 heavy (non-hydrogen) atoms. The summed E-state index contributed by atoms with van der Waals surface area (Å²) in [5.41, 5.74) is 2.17. The highest BCUT2D eigenvalue weighted by Crippen LogP contribution is 2.12. The molecule has 142 valence electrons. The van der Waals surface area contributed by atoms with Crippen LogP contribution in [0, 0.1) is 0 Å². The van der Waals surface area contributed by atoms with Gasteiger partial charge in [-0.25, -0.2) is 0 Å². The van der Waals surface area contributed by atoms with Crippen LogP contribution in [0.5, 0.6) is 0 Å². The van der Waals surface area contributed by atoms with E-state index in [-0.39, 0.29) is 17.6 Å². The topological polar surface area (TPSA) is 78.5 Å². The van der Waals surface area contributed by atoms with Crippen molar-refractivity contribution in [1.82, 2.24) is 10.2 Å². The van der Waals surface area contributed by atoms with Crippen LogP contribution in [-0.4, -0.2) is 49.7 Å². The highest BCUT2D eigenvalue weighted by Gasteiger charge is 2.09. The van der Waals surface area contributed by atoms with Crippen molar-refractivity contribution < 1.29 is 14.4 Å². The quantitative estimate of drug-likeness (QED) is 0.555. The Morgan fingerprint density at radius 1 is 0.815 bits per heavy atom. The van der Waals surface area contributed by atoms with Crippen LogP contribution in [0.3, 0.4) is 0 Å². The van der Waals surface area contributed by atoms with Crippen molar-refractivity contribution in [3.63, 3.8) is 0 Å². The maximum absolute atomic E-state index is 12.3. The van der Waals surface area contributed by atoms with E-state index in [9.17, 15) is 14.4 Å². The smallest absolute Gasteiger partial charge is 0.255 e. The Labute approximate surface area is 159 Å². The zero-order valence-corrected chi connectivity index (χ0v) is 15.9. The van der Waals surface area contributed by atoms with Gasteiger partial charge < -0.3 is 15.5 Å². The molecular formula is C21H25N3O3. The van der Waals surface area contributed by atoms with Crippen LogP contribution in [-0.2, 0) is 0 Å². The molecule has 6 heteroatoms. The number of carbonyl (C=O) groups excluding carboxylic acids is 3. The molecule has 0 saturated heterocycles. The summed E-state index contributed by atoms with van der Waals surface area (Å²) < 4.78 is 0. The zero-order valence-electron chi connectivity index (χ0n) is 15.9. The molecular weight excluding hydrogens is 342 g/mol. The lowest BCUT2D eigenvalue weighted by Crippen LogP contribution is -2.27. The summed E-state index contributed by atoms with van der Waals surface area (Å²) in [5, 5.41) is 5.63. The van der Waals surface area contributed by atoms with Crippen LogP contribution in [0.15, 0.2) is 48.5 Å². The maximum atomic E-state index is 12.3. The van der Waals surface area contributed by atoms with E-state index in [0.29, 0.717) is 28.9 Å². The van der Waals surface area contributed by atoms with Crippen LogP contribution in [0.4, 0.5) is 5.69 Å². The first-order valence-electron chi connectivity index (χ1n) is 8.82. The molecule has 0 aliphatic heterocycles. The van der Waals surface area contributed by atoms with Crippen LogP contribution < -0.4 is 10.6 Å². The summed E-state index contributed by atoms with van der Waals surface area (Å²) in [5.74, 6) is -0.451. The Morgan fingerprint density at radius 2 is 1.33 bits per heavy atom. The number of nitrogens with zero attached hydrogens (tertiary/aromatic N) is 1. The molecule has 0 aliphatic rings. The van der Waals surface area contributed by atoms with Crippen molar-refractivity contribution in [1.29, 1.82) is 0 Å². The van der Waals surface area contributed by atoms with Gasteiger partial charge >= 0.3 is 0 Å². The Balaban J connectivity index is 1.90. The number of ketones is 1. The number of amides is 2. The van der Waals surface area contributed by atoms with E-state index in [1.54, 1.807) is 48.5 Å². The van der Waals surface area contributed by atoms with E-state index >= 15 is 0 Å². The number of carbonyl (C=O) groups is 3. The van der Waals surface area contributed by atoms with E-state index in [4.69, 9.17) is 0 Å². The van der Waals surface area contributed by atoms with Gasteiger partial charge in [0.05, 0.1) is 0 Å². The van der Waals surface area contributed by atoms with Crippen LogP contribution in [0.1, 0.15) is 44.4 Å². The van der Waals surface area contributed by atoms with Crippen molar-refractivity contribution in [2.24, 2.45) is 0 Å². The van der Waals surface area contributed by atoms with Gasteiger partial charge in [0.25, 0.3) is 11.8 Å². The van der Waals surface area contributed by atoms with Gasteiger partial charge in [0.15, 0.2) is 5.78 Å². The maximum Gasteiger partial charge on any atom is 0.255 e. The van der Waals surface area contributed by atoms with Crippen molar-refractivity contribution in [2.75, 3.05) is 32.5 Å². The van der Waals surface area contributed by atoms with Gasteiger partial charge in [-0.3, -0.25) is 14.4 Å². The third-order valence-electron chi connectivity index (χ3n) is 4.03. The lowest BCUT2D eigenvalue weighted by molar-refractivity contribution is 0.0949. The van der Waals surface area contributed by atoms with Crippen LogP contribution >= 0.6 is 0 Å². The molecule has 0 aromatic heterocycles. The molecule has 2 aromatic carbocycles. The molecule has 0 radical (unpaired) electrons. The van der Waals surface area contributed by atoms with Gasteiger partial charge in [0, 0.05) is 28.9 Å². The second kappa shape index (κ2) is 9.64. The highest BCUT2D eigenvalue weighted by atomic mass is 16.2. The molecule has 0 aliphatic carbocycles. The van der Waals surface area contributed by atoms with Crippen LogP contribution in [0.25, 0.3) is 0 Å². The molecule has 0 atom stereocenters. The highest BCUT2D eigenvalue weighted by molar-refractivity contribution is 6.05. The van der Waals surface area contributed by atoms with E-state index in [2.05, 4.69) is 15.5 Å². The van der Waals surface area contributed by atoms with Gasteiger partial charge in [0.1, 0.15) is 0 Å². The number of hydrogen-bond acceptors (Lipinski definition) is 4. The average Bonchev–Trinajstić information content (AvgIpc) is 2.65. The summed E-state index contributed by atoms with van der Waals surface area (Å²) >= 11 is 0. The summed E-state index contributed by atoms with van der Waals surface area (Å²) in [7, 11) is 3.98. The molecule has 2 amide bonds. The Hall–Kier alpha value is -2.99. The van der Waals surface area contributed by atoms with Gasteiger partial charge in [-0.1, -0.05) is 0 Å². The fourth-order valence-electron chi connectivity index (χ4n) is 2.46. The lowest BCUT2D eigenvalue weighted by Gasteiger charge is -2.10. The Kier molecular flexibility index (Phi) is 7.25. The molecule has 0 bridgehead atoms. The third-order valence-corrected chi connectivity index (χ3v) is 4.03. The summed E-state index contributed by atoms with van der Waals surface area (Å²) in [6.07, 6.45) is 0.877. The molecule has 0 spiro atoms. The standard InChI is InChI=1S/C21H25N3O3/c1-15(25)16-9-11-19(12-10-16)23-21(27)18-7-5-17(6-8-18)20(26)22-13-4-14-24(2)3/h5-12H,4,13-14H2,1-3H3,(H,22,26)(H,23,27). The first kappa shape index (κ1) is 20.3. The monoisotopic (exact) mass is 367 g/mol. The molecule has 0 saturated carbocycles. The number of benzene rings is 2. The van der Waals surface area contributed by atoms with Gasteiger partial charge in [0.2, 0.25) is 0 Å². The largest absolute Gasteiger partial charge is 0.352 e. The molecule has 2 N–H and O–H groups in total. The summed E-state index contributed by atoms with van der Waals surface area (Å²) in [4.78, 5) is 37.7. The van der Waals surface area contributed by atoms with Crippen molar-refractivity contribution in [3.8, 4) is 0 Å². The fraction of sp³-hybridized carbons (Fsp3) is 0.286. The second-order valence-electron chi connectivity index (χ2n) is 6.58. The number of Topliss-reactive ketones (excluding diaryl/α,β-unsaturated/α-hetero) is 1. The minimum Gasteiger partial charge on any atom is -0.352 e. The van der Waals surface area contributed by atoms with Crippen molar-refractivity contribution >= 4 is 23.3 Å². The molecule has 6 nitrogen and oxygen atoms in total. The van der Waals surface area contributed by atoms with Gasteiger partial charge in [-0.15, -0.1) is 0 Å². The predicted molar refractivity (Wildman–Crippen MR) is 106 cm³/mol. The normalized spacial score (nSPS) is 10.5. The minimum atomic E-state index is -0.275. The predicted octanol–water partition coefficient (Wildman–Crippen LogP) is 2.82. The summed E-state index contributed by atoms with van der Waals surface area (Å²) in [6.45, 7) is 3.01. The second-order valence-corrected chi connectivity index (χ2v) is 6.58. The first-order valence-corrected chi connectivity index (χ1v) is 8.82. The average molecular weight is 367 g/mol. The first-order chi connectivity index (χ1) is 12.9. The van der Waals surface area contributed by atoms with Crippen molar-refractivity contribution in [3.05, 3.63) is 65.2 Å². The third kappa shape index (κ3) is 6.34. The minimum absolute atomic E-state index is 0.0246. The lowest BCUT2D eigenvalue weighted by atomic mass is 10.1. The SMILES string of the molecule is CC(=O)c1ccc(NC(=O)c2ccc(C(=O)NCCCN(C)C)cc2)cc1. The molecule has 0 heterocycles. The van der Waals surface area contributed by atoms with Crippen molar-refractivity contribution in [2.45, 2.75) is 13.3 Å². The molecule has 0 unspecified atom stereocenters. The van der Waals surface area contributed by atoms with Crippen LogP contribution in [0.2, 0.25) is 0 Å². The van der Waals surface area contributed by atoms with E-state index in [0.717, 1.165) is 13.0 Å². The molecule has 2 rings (SSSR count). The molecule has 2 aromatic rings. The van der Waals surface area contributed by atoms with E-state index in [1.165, 1.54) is 6.92 Å². The number of hydrogen-bond donors (Lipinski definition) is 2. The Morgan fingerprint density at radius 3 is 1.85 bits per heavy atom. The van der Waals surface area contributed by atoms with E-state index in [1.807, 2.05) is 14.1 Å².